The highest BCUT2D eigenvalue weighted by Gasteiger charge is 2.18. The van der Waals surface area contributed by atoms with Gasteiger partial charge in [0.1, 0.15) is 11.6 Å². The van der Waals surface area contributed by atoms with E-state index in [0.717, 1.165) is 6.07 Å². The second-order valence-corrected chi connectivity index (χ2v) is 4.45. The van der Waals surface area contributed by atoms with Crippen molar-refractivity contribution in [2.24, 2.45) is 0 Å². The van der Waals surface area contributed by atoms with Crippen LogP contribution in [0.15, 0.2) is 12.1 Å². The number of halogens is 3. The first-order valence-electron chi connectivity index (χ1n) is 5.78. The molecule has 0 saturated carbocycles. The standard InChI is InChI=1S/C13H17ClF2O2/c1-4-12(18-7-8(2)17-3)10-5-9(15)6-11(16)13(10)14/h5-6,8,12H,4,7H2,1-3H3/t8?,12-/m1/s1. The number of ether oxygens (including phenoxy) is 2. The Morgan fingerprint density at radius 3 is 2.56 bits per heavy atom. The maximum atomic E-state index is 13.3. The minimum atomic E-state index is -0.770. The molecule has 1 unspecified atom stereocenters. The lowest BCUT2D eigenvalue weighted by molar-refractivity contribution is -0.0223. The number of benzene rings is 1. The molecule has 1 rings (SSSR count). The molecular weight excluding hydrogens is 262 g/mol. The minimum absolute atomic E-state index is 0.0868. The highest BCUT2D eigenvalue weighted by molar-refractivity contribution is 6.31. The van der Waals surface area contributed by atoms with Gasteiger partial charge in [0.25, 0.3) is 0 Å². The first kappa shape index (κ1) is 15.3. The zero-order valence-corrected chi connectivity index (χ0v) is 11.4. The van der Waals surface area contributed by atoms with Crippen molar-refractivity contribution >= 4 is 11.6 Å². The van der Waals surface area contributed by atoms with Crippen molar-refractivity contribution in [3.05, 3.63) is 34.4 Å². The summed E-state index contributed by atoms with van der Waals surface area (Å²) in [7, 11) is 1.57. The van der Waals surface area contributed by atoms with E-state index in [0.29, 0.717) is 18.6 Å². The lowest BCUT2D eigenvalue weighted by atomic mass is 10.1. The third kappa shape index (κ3) is 3.90. The van der Waals surface area contributed by atoms with Crippen LogP contribution in [0.25, 0.3) is 0 Å². The van der Waals surface area contributed by atoms with Crippen LogP contribution in [0.2, 0.25) is 5.02 Å². The van der Waals surface area contributed by atoms with Crippen molar-refractivity contribution in [2.75, 3.05) is 13.7 Å². The van der Waals surface area contributed by atoms with Gasteiger partial charge in [0.15, 0.2) is 0 Å². The summed E-state index contributed by atoms with van der Waals surface area (Å²) < 4.78 is 37.2. The fourth-order valence-corrected chi connectivity index (χ4v) is 1.79. The van der Waals surface area contributed by atoms with E-state index in [9.17, 15) is 8.78 Å². The van der Waals surface area contributed by atoms with Crippen LogP contribution in [-0.4, -0.2) is 19.8 Å². The molecule has 102 valence electrons. The molecule has 1 aromatic rings. The minimum Gasteiger partial charge on any atom is -0.379 e. The molecule has 0 amide bonds. The van der Waals surface area contributed by atoms with E-state index in [1.807, 2.05) is 13.8 Å². The van der Waals surface area contributed by atoms with Crippen LogP contribution in [0, 0.1) is 11.6 Å². The van der Waals surface area contributed by atoms with Crippen LogP contribution in [0.4, 0.5) is 8.78 Å². The molecule has 0 aliphatic heterocycles. The average Bonchev–Trinajstić information content (AvgIpc) is 2.35. The van der Waals surface area contributed by atoms with Crippen molar-refractivity contribution in [1.29, 1.82) is 0 Å². The molecule has 0 radical (unpaired) electrons. The summed E-state index contributed by atoms with van der Waals surface area (Å²) in [5.74, 6) is -1.43. The fraction of sp³-hybridized carbons (Fsp3) is 0.538. The summed E-state index contributed by atoms with van der Waals surface area (Å²) in [6, 6.07) is 1.97. The van der Waals surface area contributed by atoms with Gasteiger partial charge in [0.2, 0.25) is 0 Å². The molecule has 0 aromatic heterocycles. The van der Waals surface area contributed by atoms with E-state index in [-0.39, 0.29) is 11.1 Å². The van der Waals surface area contributed by atoms with E-state index in [1.165, 1.54) is 6.07 Å². The van der Waals surface area contributed by atoms with E-state index >= 15 is 0 Å². The molecule has 18 heavy (non-hydrogen) atoms. The molecule has 0 bridgehead atoms. The maximum Gasteiger partial charge on any atom is 0.145 e. The molecule has 0 aliphatic rings. The Balaban J connectivity index is 2.88. The van der Waals surface area contributed by atoms with Gasteiger partial charge < -0.3 is 9.47 Å². The lowest BCUT2D eigenvalue weighted by Gasteiger charge is -2.20. The highest BCUT2D eigenvalue weighted by Crippen LogP contribution is 2.31. The Morgan fingerprint density at radius 1 is 1.33 bits per heavy atom. The fourth-order valence-electron chi connectivity index (χ4n) is 1.56. The van der Waals surface area contributed by atoms with Crippen LogP contribution in [0.5, 0.6) is 0 Å². The van der Waals surface area contributed by atoms with Gasteiger partial charge in [-0.25, -0.2) is 8.78 Å². The van der Waals surface area contributed by atoms with Crippen LogP contribution >= 0.6 is 11.6 Å². The van der Waals surface area contributed by atoms with Crippen molar-refractivity contribution < 1.29 is 18.3 Å². The summed E-state index contributed by atoms with van der Waals surface area (Å²) in [5, 5.41) is -0.0895. The van der Waals surface area contributed by atoms with Crippen molar-refractivity contribution in [3.8, 4) is 0 Å². The molecule has 5 heteroatoms. The van der Waals surface area contributed by atoms with Crippen molar-refractivity contribution in [1.82, 2.24) is 0 Å². The van der Waals surface area contributed by atoms with Gasteiger partial charge in [-0.05, 0) is 19.4 Å². The first-order chi connectivity index (χ1) is 8.49. The third-order valence-corrected chi connectivity index (χ3v) is 3.07. The van der Waals surface area contributed by atoms with Crippen molar-refractivity contribution in [2.45, 2.75) is 32.5 Å². The summed E-state index contributed by atoms with van der Waals surface area (Å²) in [6.45, 7) is 4.05. The van der Waals surface area contributed by atoms with E-state index < -0.39 is 17.7 Å². The Kier molecular flexibility index (Phi) is 5.99. The van der Waals surface area contributed by atoms with Gasteiger partial charge in [-0.3, -0.25) is 0 Å². The van der Waals surface area contributed by atoms with Crippen molar-refractivity contribution in [3.63, 3.8) is 0 Å². The molecule has 2 atom stereocenters. The maximum absolute atomic E-state index is 13.3. The highest BCUT2D eigenvalue weighted by atomic mass is 35.5. The predicted molar refractivity (Wildman–Crippen MR) is 66.8 cm³/mol. The molecular formula is C13H17ClF2O2. The van der Waals surface area contributed by atoms with Crippen LogP contribution in [0.1, 0.15) is 31.9 Å². The van der Waals surface area contributed by atoms with E-state index in [2.05, 4.69) is 0 Å². The molecule has 1 aromatic carbocycles. The Hall–Kier alpha value is -0.710. The third-order valence-electron chi connectivity index (χ3n) is 2.67. The average molecular weight is 279 g/mol. The van der Waals surface area contributed by atoms with Gasteiger partial charge in [0, 0.05) is 18.7 Å². The molecule has 0 heterocycles. The smallest absolute Gasteiger partial charge is 0.145 e. The van der Waals surface area contributed by atoms with Crippen LogP contribution in [-0.2, 0) is 9.47 Å². The second-order valence-electron chi connectivity index (χ2n) is 4.07. The Labute approximate surface area is 111 Å². The zero-order chi connectivity index (χ0) is 13.7. The van der Waals surface area contributed by atoms with E-state index in [1.54, 1.807) is 7.11 Å². The number of hydrogen-bond donors (Lipinski definition) is 0. The van der Waals surface area contributed by atoms with Crippen LogP contribution in [0.3, 0.4) is 0 Å². The van der Waals surface area contributed by atoms with E-state index in [4.69, 9.17) is 21.1 Å². The lowest BCUT2D eigenvalue weighted by Crippen LogP contribution is -2.17. The van der Waals surface area contributed by atoms with Gasteiger partial charge >= 0.3 is 0 Å². The molecule has 0 saturated heterocycles. The zero-order valence-electron chi connectivity index (χ0n) is 10.7. The van der Waals surface area contributed by atoms with Crippen LogP contribution < -0.4 is 0 Å². The largest absolute Gasteiger partial charge is 0.379 e. The number of rotatable bonds is 6. The molecule has 0 fully saturated rings. The number of hydrogen-bond acceptors (Lipinski definition) is 2. The monoisotopic (exact) mass is 278 g/mol. The summed E-state index contributed by atoms with van der Waals surface area (Å²) >= 11 is 5.83. The van der Waals surface area contributed by atoms with Gasteiger partial charge in [-0.2, -0.15) is 0 Å². The molecule has 2 nitrogen and oxygen atoms in total. The topological polar surface area (TPSA) is 18.5 Å². The Morgan fingerprint density at radius 2 is 2.00 bits per heavy atom. The van der Waals surface area contributed by atoms with Gasteiger partial charge in [-0.15, -0.1) is 0 Å². The number of methoxy groups -OCH3 is 1. The van der Waals surface area contributed by atoms with Gasteiger partial charge in [0.05, 0.1) is 23.8 Å². The normalized spacial score (nSPS) is 14.6. The molecule has 0 spiro atoms. The quantitative estimate of drug-likeness (QED) is 0.729. The molecule has 0 aliphatic carbocycles. The summed E-state index contributed by atoms with van der Waals surface area (Å²) in [4.78, 5) is 0. The second kappa shape index (κ2) is 7.02. The van der Waals surface area contributed by atoms with Gasteiger partial charge in [-0.1, -0.05) is 18.5 Å². The summed E-state index contributed by atoms with van der Waals surface area (Å²) in [5.41, 5.74) is 0.333. The predicted octanol–water partition coefficient (Wildman–Crippen LogP) is 4.12. The summed E-state index contributed by atoms with van der Waals surface area (Å²) in [6.07, 6.45) is 0.0375. The SMILES string of the molecule is CC[C@@H](OCC(C)OC)c1cc(F)cc(F)c1Cl. The first-order valence-corrected chi connectivity index (χ1v) is 6.16. The Bertz CT molecular complexity index is 399. The molecule has 0 N–H and O–H groups in total.